The van der Waals surface area contributed by atoms with E-state index in [1.807, 2.05) is 49.4 Å². The largest absolute Gasteiger partial charge is 0.487 e. The van der Waals surface area contributed by atoms with Crippen LogP contribution < -0.4 is 10.5 Å². The molecule has 0 saturated carbocycles. The van der Waals surface area contributed by atoms with Crippen LogP contribution in [0.5, 0.6) is 5.75 Å². The quantitative estimate of drug-likeness (QED) is 0.875. The average molecular weight is 228 g/mol. The average Bonchev–Trinajstić information content (AvgIpc) is 2.38. The van der Waals surface area contributed by atoms with E-state index in [2.05, 4.69) is 4.98 Å². The highest BCUT2D eigenvalue weighted by atomic mass is 16.5. The van der Waals surface area contributed by atoms with Gasteiger partial charge in [0.2, 0.25) is 0 Å². The van der Waals surface area contributed by atoms with Crippen LogP contribution in [-0.2, 0) is 6.61 Å². The summed E-state index contributed by atoms with van der Waals surface area (Å²) in [5.41, 5.74) is 7.77. The predicted molar refractivity (Wildman–Crippen MR) is 67.6 cm³/mol. The predicted octanol–water partition coefficient (Wildman–Crippen LogP) is 2.68. The van der Waals surface area contributed by atoms with Crippen LogP contribution >= 0.6 is 0 Å². The Morgan fingerprint density at radius 3 is 2.65 bits per heavy atom. The Labute approximate surface area is 101 Å². The molecule has 0 aliphatic carbocycles. The van der Waals surface area contributed by atoms with E-state index in [0.717, 1.165) is 17.0 Å². The summed E-state index contributed by atoms with van der Waals surface area (Å²) in [5, 5.41) is 0. The second kappa shape index (κ2) is 5.46. The summed E-state index contributed by atoms with van der Waals surface area (Å²) in [4.78, 5) is 4.24. The zero-order valence-corrected chi connectivity index (χ0v) is 9.84. The zero-order chi connectivity index (χ0) is 12.1. The second-order valence-corrected chi connectivity index (χ2v) is 3.95. The van der Waals surface area contributed by atoms with Gasteiger partial charge in [0.25, 0.3) is 0 Å². The van der Waals surface area contributed by atoms with Crippen LogP contribution in [0, 0.1) is 0 Å². The molecule has 17 heavy (non-hydrogen) atoms. The van der Waals surface area contributed by atoms with E-state index >= 15 is 0 Å². The maximum atomic E-state index is 5.84. The molecule has 0 spiro atoms. The number of hydrogen-bond acceptors (Lipinski definition) is 3. The van der Waals surface area contributed by atoms with Crippen molar-refractivity contribution in [2.45, 2.75) is 19.6 Å². The fourth-order valence-electron chi connectivity index (χ4n) is 1.60. The SMILES string of the molecule is C[C@@H](N)c1ncccc1OCc1ccccc1. The van der Waals surface area contributed by atoms with Crippen molar-refractivity contribution in [2.75, 3.05) is 0 Å². The Kier molecular flexibility index (Phi) is 3.73. The minimum Gasteiger partial charge on any atom is -0.487 e. The second-order valence-electron chi connectivity index (χ2n) is 3.95. The van der Waals surface area contributed by atoms with Gasteiger partial charge in [-0.1, -0.05) is 30.3 Å². The van der Waals surface area contributed by atoms with Crippen molar-refractivity contribution in [3.05, 3.63) is 59.9 Å². The highest BCUT2D eigenvalue weighted by Gasteiger charge is 2.08. The van der Waals surface area contributed by atoms with Crippen LogP contribution in [0.15, 0.2) is 48.7 Å². The molecule has 0 unspecified atom stereocenters. The Balaban J connectivity index is 2.09. The molecule has 88 valence electrons. The highest BCUT2D eigenvalue weighted by molar-refractivity contribution is 5.29. The number of benzene rings is 1. The molecule has 2 N–H and O–H groups in total. The molecule has 0 radical (unpaired) electrons. The van der Waals surface area contributed by atoms with Crippen LogP contribution in [-0.4, -0.2) is 4.98 Å². The summed E-state index contributed by atoms with van der Waals surface area (Å²) in [5.74, 6) is 0.756. The number of ether oxygens (including phenoxy) is 1. The normalized spacial score (nSPS) is 12.1. The first-order valence-corrected chi connectivity index (χ1v) is 5.64. The summed E-state index contributed by atoms with van der Waals surface area (Å²) >= 11 is 0. The molecule has 1 atom stereocenters. The van der Waals surface area contributed by atoms with E-state index in [9.17, 15) is 0 Å². The Hall–Kier alpha value is -1.87. The number of hydrogen-bond donors (Lipinski definition) is 1. The number of aromatic nitrogens is 1. The molecule has 0 fully saturated rings. The zero-order valence-electron chi connectivity index (χ0n) is 9.84. The molecule has 0 amide bonds. The van der Waals surface area contributed by atoms with Gasteiger partial charge in [-0.05, 0) is 24.6 Å². The number of nitrogens with zero attached hydrogens (tertiary/aromatic N) is 1. The van der Waals surface area contributed by atoms with Gasteiger partial charge in [0.05, 0.1) is 5.69 Å². The minimum absolute atomic E-state index is 0.123. The van der Waals surface area contributed by atoms with Gasteiger partial charge in [-0.3, -0.25) is 4.98 Å². The maximum Gasteiger partial charge on any atom is 0.142 e. The van der Waals surface area contributed by atoms with Crippen LogP contribution in [0.2, 0.25) is 0 Å². The summed E-state index contributed by atoms with van der Waals surface area (Å²) in [6, 6.07) is 13.7. The van der Waals surface area contributed by atoms with Crippen LogP contribution in [0.3, 0.4) is 0 Å². The Bertz CT molecular complexity index is 469. The molecule has 2 rings (SSSR count). The topological polar surface area (TPSA) is 48.1 Å². The van der Waals surface area contributed by atoms with Crippen molar-refractivity contribution in [1.82, 2.24) is 4.98 Å². The van der Waals surface area contributed by atoms with E-state index < -0.39 is 0 Å². The lowest BCUT2D eigenvalue weighted by Crippen LogP contribution is -2.10. The van der Waals surface area contributed by atoms with Crippen LogP contribution in [0.1, 0.15) is 24.2 Å². The third-order valence-electron chi connectivity index (χ3n) is 2.47. The van der Waals surface area contributed by atoms with Crippen molar-refractivity contribution < 1.29 is 4.74 Å². The van der Waals surface area contributed by atoms with Gasteiger partial charge in [-0.2, -0.15) is 0 Å². The summed E-state index contributed by atoms with van der Waals surface area (Å²) in [7, 11) is 0. The van der Waals surface area contributed by atoms with E-state index in [1.54, 1.807) is 6.20 Å². The van der Waals surface area contributed by atoms with Gasteiger partial charge >= 0.3 is 0 Å². The maximum absolute atomic E-state index is 5.84. The molecule has 1 heterocycles. The Morgan fingerprint density at radius 2 is 1.94 bits per heavy atom. The molecule has 1 aromatic carbocycles. The minimum atomic E-state index is -0.123. The molecule has 1 aromatic heterocycles. The fraction of sp³-hybridized carbons (Fsp3) is 0.214. The molecule has 0 bridgehead atoms. The van der Waals surface area contributed by atoms with Crippen molar-refractivity contribution >= 4 is 0 Å². The lowest BCUT2D eigenvalue weighted by Gasteiger charge is -2.12. The van der Waals surface area contributed by atoms with Crippen molar-refractivity contribution in [3.63, 3.8) is 0 Å². The van der Waals surface area contributed by atoms with E-state index in [1.165, 1.54) is 0 Å². The van der Waals surface area contributed by atoms with E-state index in [0.29, 0.717) is 6.61 Å². The van der Waals surface area contributed by atoms with Crippen LogP contribution in [0.4, 0.5) is 0 Å². The molecule has 0 saturated heterocycles. The standard InChI is InChI=1S/C14H16N2O/c1-11(15)14-13(8-5-9-16-14)17-10-12-6-3-2-4-7-12/h2-9,11H,10,15H2,1H3/t11-/m1/s1. The monoisotopic (exact) mass is 228 g/mol. The third-order valence-corrected chi connectivity index (χ3v) is 2.47. The molecule has 2 aromatic rings. The summed E-state index contributed by atoms with van der Waals surface area (Å²) < 4.78 is 5.74. The molecular formula is C14H16N2O. The summed E-state index contributed by atoms with van der Waals surface area (Å²) in [6.45, 7) is 2.43. The first-order chi connectivity index (χ1) is 8.27. The smallest absolute Gasteiger partial charge is 0.142 e. The van der Waals surface area contributed by atoms with Crippen molar-refractivity contribution in [3.8, 4) is 5.75 Å². The number of pyridine rings is 1. The van der Waals surface area contributed by atoms with Crippen molar-refractivity contribution in [1.29, 1.82) is 0 Å². The van der Waals surface area contributed by atoms with Crippen molar-refractivity contribution in [2.24, 2.45) is 5.73 Å². The number of nitrogens with two attached hydrogens (primary N) is 1. The van der Waals surface area contributed by atoms with Gasteiger partial charge in [0, 0.05) is 12.2 Å². The first-order valence-electron chi connectivity index (χ1n) is 5.64. The van der Waals surface area contributed by atoms with Gasteiger partial charge in [0.1, 0.15) is 12.4 Å². The molecule has 3 heteroatoms. The third kappa shape index (κ3) is 3.04. The summed E-state index contributed by atoms with van der Waals surface area (Å²) in [6.07, 6.45) is 1.73. The van der Waals surface area contributed by atoms with Crippen LogP contribution in [0.25, 0.3) is 0 Å². The van der Waals surface area contributed by atoms with E-state index in [-0.39, 0.29) is 6.04 Å². The fourth-order valence-corrected chi connectivity index (χ4v) is 1.60. The lowest BCUT2D eigenvalue weighted by atomic mass is 10.2. The Morgan fingerprint density at radius 1 is 1.18 bits per heavy atom. The molecule has 3 nitrogen and oxygen atoms in total. The first kappa shape index (κ1) is 11.6. The highest BCUT2D eigenvalue weighted by Crippen LogP contribution is 2.21. The van der Waals surface area contributed by atoms with Gasteiger partial charge in [0.15, 0.2) is 0 Å². The van der Waals surface area contributed by atoms with E-state index in [4.69, 9.17) is 10.5 Å². The van der Waals surface area contributed by atoms with Gasteiger partial charge in [-0.25, -0.2) is 0 Å². The van der Waals surface area contributed by atoms with Gasteiger partial charge in [-0.15, -0.1) is 0 Å². The molecule has 0 aliphatic rings. The molecule has 0 aliphatic heterocycles. The lowest BCUT2D eigenvalue weighted by molar-refractivity contribution is 0.299. The molecular weight excluding hydrogens is 212 g/mol. The van der Waals surface area contributed by atoms with Gasteiger partial charge < -0.3 is 10.5 Å². The number of rotatable bonds is 4.